The first-order chi connectivity index (χ1) is 8.34. The number of nitrogens with zero attached hydrogens (tertiary/aromatic N) is 2. The van der Waals surface area contributed by atoms with Gasteiger partial charge in [-0.25, -0.2) is 0 Å². The second-order valence-corrected chi connectivity index (χ2v) is 4.81. The van der Waals surface area contributed by atoms with Crippen molar-refractivity contribution < 1.29 is 4.79 Å². The molecule has 90 valence electrons. The van der Waals surface area contributed by atoms with Crippen molar-refractivity contribution in [1.29, 1.82) is 0 Å². The number of hydrogen-bond acceptors (Lipinski definition) is 3. The lowest BCUT2D eigenvalue weighted by Crippen LogP contribution is -2.39. The van der Waals surface area contributed by atoms with Crippen molar-refractivity contribution in [3.63, 3.8) is 0 Å². The Balaban J connectivity index is 1.61. The maximum absolute atomic E-state index is 11.7. The number of pyridine rings is 1. The molecule has 0 aliphatic carbocycles. The number of hydrogen-bond donors (Lipinski definition) is 1. The van der Waals surface area contributed by atoms with Crippen molar-refractivity contribution in [2.24, 2.45) is 0 Å². The standard InChI is InChI=1S/C13H17N3O/c17-13-8-11(12-5-3-7-16(12)13)15-9-10-4-1-2-6-14-10/h1-2,4,6,11-12,15H,3,5,7-9H2. The van der Waals surface area contributed by atoms with E-state index in [1.165, 1.54) is 0 Å². The van der Waals surface area contributed by atoms with Gasteiger partial charge in [0.1, 0.15) is 0 Å². The quantitative estimate of drug-likeness (QED) is 0.842. The maximum atomic E-state index is 11.7. The highest BCUT2D eigenvalue weighted by Crippen LogP contribution is 2.29. The summed E-state index contributed by atoms with van der Waals surface area (Å²) in [4.78, 5) is 18.1. The molecule has 2 aliphatic heterocycles. The van der Waals surface area contributed by atoms with Crippen molar-refractivity contribution in [3.8, 4) is 0 Å². The summed E-state index contributed by atoms with van der Waals surface area (Å²) in [6.45, 7) is 1.70. The van der Waals surface area contributed by atoms with Crippen LogP contribution in [0.25, 0.3) is 0 Å². The van der Waals surface area contributed by atoms with E-state index >= 15 is 0 Å². The monoisotopic (exact) mass is 231 g/mol. The molecule has 0 radical (unpaired) electrons. The average Bonchev–Trinajstić information content (AvgIpc) is 2.93. The van der Waals surface area contributed by atoms with Gasteiger partial charge in [0.2, 0.25) is 5.91 Å². The lowest BCUT2D eigenvalue weighted by Gasteiger charge is -2.20. The average molecular weight is 231 g/mol. The van der Waals surface area contributed by atoms with E-state index in [1.54, 1.807) is 6.20 Å². The summed E-state index contributed by atoms with van der Waals surface area (Å²) in [6.07, 6.45) is 4.75. The van der Waals surface area contributed by atoms with E-state index in [0.717, 1.165) is 31.6 Å². The third kappa shape index (κ3) is 2.05. The van der Waals surface area contributed by atoms with Gasteiger partial charge in [-0.2, -0.15) is 0 Å². The van der Waals surface area contributed by atoms with Crippen LogP contribution in [0.15, 0.2) is 24.4 Å². The largest absolute Gasteiger partial charge is 0.338 e. The van der Waals surface area contributed by atoms with Crippen LogP contribution in [-0.4, -0.2) is 34.4 Å². The third-order valence-corrected chi connectivity index (χ3v) is 3.75. The van der Waals surface area contributed by atoms with Crippen molar-refractivity contribution in [2.45, 2.75) is 37.9 Å². The summed E-state index contributed by atoms with van der Waals surface area (Å²) in [6, 6.07) is 6.65. The summed E-state index contributed by atoms with van der Waals surface area (Å²) in [7, 11) is 0. The number of carbonyl (C=O) groups is 1. The van der Waals surface area contributed by atoms with Gasteiger partial charge in [-0.1, -0.05) is 6.07 Å². The minimum atomic E-state index is 0.311. The summed E-state index contributed by atoms with van der Waals surface area (Å²) >= 11 is 0. The van der Waals surface area contributed by atoms with Crippen molar-refractivity contribution >= 4 is 5.91 Å². The predicted molar refractivity (Wildman–Crippen MR) is 64.2 cm³/mol. The molecule has 1 amide bonds. The second kappa shape index (κ2) is 4.45. The zero-order valence-corrected chi connectivity index (χ0v) is 9.80. The van der Waals surface area contributed by atoms with E-state index in [-0.39, 0.29) is 0 Å². The van der Waals surface area contributed by atoms with E-state index in [2.05, 4.69) is 10.3 Å². The van der Waals surface area contributed by atoms with Gasteiger partial charge in [-0.15, -0.1) is 0 Å². The molecule has 4 nitrogen and oxygen atoms in total. The van der Waals surface area contributed by atoms with Crippen LogP contribution in [0.3, 0.4) is 0 Å². The number of aromatic nitrogens is 1. The normalized spacial score (nSPS) is 27.5. The SMILES string of the molecule is O=C1CC(NCc2ccccn2)C2CCCN12. The van der Waals surface area contributed by atoms with Crippen LogP contribution < -0.4 is 5.32 Å². The van der Waals surface area contributed by atoms with Gasteiger partial charge < -0.3 is 10.2 Å². The second-order valence-electron chi connectivity index (χ2n) is 4.81. The van der Waals surface area contributed by atoms with E-state index in [4.69, 9.17) is 0 Å². The Labute approximate surface area is 101 Å². The summed E-state index contributed by atoms with van der Waals surface area (Å²) in [5.41, 5.74) is 1.04. The molecule has 2 unspecified atom stereocenters. The molecule has 1 aromatic rings. The molecule has 1 aromatic heterocycles. The number of carbonyl (C=O) groups excluding carboxylic acids is 1. The highest BCUT2D eigenvalue weighted by molar-refractivity contribution is 5.80. The molecule has 4 heteroatoms. The molecule has 2 fully saturated rings. The van der Waals surface area contributed by atoms with Crippen LogP contribution in [0, 0.1) is 0 Å². The van der Waals surface area contributed by atoms with Gasteiger partial charge in [0.05, 0.1) is 5.69 Å². The van der Waals surface area contributed by atoms with Crippen LogP contribution in [-0.2, 0) is 11.3 Å². The molecular weight excluding hydrogens is 214 g/mol. The Morgan fingerprint density at radius 3 is 3.24 bits per heavy atom. The molecule has 17 heavy (non-hydrogen) atoms. The van der Waals surface area contributed by atoms with Gasteiger partial charge >= 0.3 is 0 Å². The Bertz CT molecular complexity index is 406. The molecule has 0 spiro atoms. The molecule has 2 aliphatic rings. The fraction of sp³-hybridized carbons (Fsp3) is 0.538. The Hall–Kier alpha value is -1.42. The molecule has 3 rings (SSSR count). The van der Waals surface area contributed by atoms with Crippen molar-refractivity contribution in [3.05, 3.63) is 30.1 Å². The van der Waals surface area contributed by atoms with Crippen LogP contribution in [0.4, 0.5) is 0 Å². The van der Waals surface area contributed by atoms with Crippen molar-refractivity contribution in [2.75, 3.05) is 6.54 Å². The number of amides is 1. The molecule has 2 saturated heterocycles. The van der Waals surface area contributed by atoms with E-state index in [0.29, 0.717) is 24.4 Å². The zero-order chi connectivity index (χ0) is 11.7. The molecular formula is C13H17N3O. The van der Waals surface area contributed by atoms with E-state index < -0.39 is 0 Å². The van der Waals surface area contributed by atoms with Crippen LogP contribution in [0.2, 0.25) is 0 Å². The van der Waals surface area contributed by atoms with E-state index in [1.807, 2.05) is 23.1 Å². The van der Waals surface area contributed by atoms with Gasteiger partial charge in [0.25, 0.3) is 0 Å². The third-order valence-electron chi connectivity index (χ3n) is 3.75. The first kappa shape index (κ1) is 10.7. The molecule has 3 heterocycles. The topological polar surface area (TPSA) is 45.2 Å². The van der Waals surface area contributed by atoms with Gasteiger partial charge in [-0.3, -0.25) is 9.78 Å². The summed E-state index contributed by atoms with van der Waals surface area (Å²) in [5.74, 6) is 0.311. The highest BCUT2D eigenvalue weighted by atomic mass is 16.2. The highest BCUT2D eigenvalue weighted by Gasteiger charge is 2.41. The number of fused-ring (bicyclic) bond motifs is 1. The molecule has 1 N–H and O–H groups in total. The first-order valence-corrected chi connectivity index (χ1v) is 6.27. The Morgan fingerprint density at radius 2 is 2.41 bits per heavy atom. The summed E-state index contributed by atoms with van der Waals surface area (Å²) < 4.78 is 0. The fourth-order valence-corrected chi connectivity index (χ4v) is 2.91. The summed E-state index contributed by atoms with van der Waals surface area (Å²) in [5, 5.41) is 3.47. The fourth-order valence-electron chi connectivity index (χ4n) is 2.91. The first-order valence-electron chi connectivity index (χ1n) is 6.27. The van der Waals surface area contributed by atoms with Gasteiger partial charge in [0.15, 0.2) is 0 Å². The molecule has 0 saturated carbocycles. The van der Waals surface area contributed by atoms with Gasteiger partial charge in [0, 0.05) is 37.8 Å². The van der Waals surface area contributed by atoms with Crippen LogP contribution in [0.5, 0.6) is 0 Å². The Morgan fingerprint density at radius 1 is 1.47 bits per heavy atom. The van der Waals surface area contributed by atoms with Crippen molar-refractivity contribution in [1.82, 2.24) is 15.2 Å². The zero-order valence-electron chi connectivity index (χ0n) is 9.80. The lowest BCUT2D eigenvalue weighted by atomic mass is 10.1. The number of nitrogens with one attached hydrogen (secondary N) is 1. The molecule has 2 atom stereocenters. The van der Waals surface area contributed by atoms with Crippen LogP contribution in [0.1, 0.15) is 25.0 Å². The maximum Gasteiger partial charge on any atom is 0.224 e. The van der Waals surface area contributed by atoms with Crippen LogP contribution >= 0.6 is 0 Å². The predicted octanol–water partition coefficient (Wildman–Crippen LogP) is 0.934. The Kier molecular flexibility index (Phi) is 2.81. The lowest BCUT2D eigenvalue weighted by molar-refractivity contribution is -0.127. The molecule has 0 bridgehead atoms. The smallest absolute Gasteiger partial charge is 0.224 e. The minimum Gasteiger partial charge on any atom is -0.338 e. The minimum absolute atomic E-state index is 0.311. The molecule has 0 aromatic carbocycles. The van der Waals surface area contributed by atoms with Gasteiger partial charge in [-0.05, 0) is 25.0 Å². The number of rotatable bonds is 3. The van der Waals surface area contributed by atoms with E-state index in [9.17, 15) is 4.79 Å².